The summed E-state index contributed by atoms with van der Waals surface area (Å²) >= 11 is 0. The molecule has 1 amide bonds. The smallest absolute Gasteiger partial charge is 0.263 e. The van der Waals surface area contributed by atoms with Crippen LogP contribution in [-0.4, -0.2) is 40.2 Å². The van der Waals surface area contributed by atoms with E-state index < -0.39 is 21.6 Å². The van der Waals surface area contributed by atoms with Gasteiger partial charge in [0.25, 0.3) is 5.91 Å². The minimum Gasteiger partial charge on any atom is -0.381 e. The van der Waals surface area contributed by atoms with Crippen LogP contribution >= 0.6 is 0 Å². The summed E-state index contributed by atoms with van der Waals surface area (Å²) in [5.74, 6) is -1.32. The summed E-state index contributed by atoms with van der Waals surface area (Å²) in [6, 6.07) is 7.92. The Kier molecular flexibility index (Phi) is 4.66. The number of nitrogens with one attached hydrogen (secondary N) is 1. The Morgan fingerprint density at radius 3 is 2.60 bits per heavy atom. The van der Waals surface area contributed by atoms with Crippen molar-refractivity contribution in [2.24, 2.45) is 0 Å². The SMILES string of the molecule is CS(=O)(=O)c1ccc(-c2ccncc2NC(=O)c2c(N)nn3cc(F)cnc23)cc1. The van der Waals surface area contributed by atoms with Gasteiger partial charge in [-0.05, 0) is 23.8 Å². The minimum absolute atomic E-state index is 0.00257. The second kappa shape index (κ2) is 7.19. The van der Waals surface area contributed by atoms with Crippen LogP contribution in [0.1, 0.15) is 10.4 Å². The Labute approximate surface area is 170 Å². The number of hydrogen-bond acceptors (Lipinski definition) is 7. The van der Waals surface area contributed by atoms with Crippen molar-refractivity contribution in [3.63, 3.8) is 0 Å². The third-order valence-electron chi connectivity index (χ3n) is 4.36. The molecule has 0 aliphatic rings. The molecule has 0 fully saturated rings. The number of nitrogens with zero attached hydrogens (tertiary/aromatic N) is 4. The van der Waals surface area contributed by atoms with Crippen molar-refractivity contribution in [1.82, 2.24) is 19.6 Å². The van der Waals surface area contributed by atoms with Gasteiger partial charge >= 0.3 is 0 Å². The van der Waals surface area contributed by atoms with E-state index in [1.54, 1.807) is 24.4 Å². The molecule has 0 bridgehead atoms. The quantitative estimate of drug-likeness (QED) is 0.511. The highest BCUT2D eigenvalue weighted by Crippen LogP contribution is 2.29. The van der Waals surface area contributed by atoms with Crippen LogP contribution in [0, 0.1) is 5.82 Å². The summed E-state index contributed by atoms with van der Waals surface area (Å²) in [6.45, 7) is 0. The predicted octanol–water partition coefficient (Wildman–Crippen LogP) is 2.17. The number of fused-ring (bicyclic) bond motifs is 1. The van der Waals surface area contributed by atoms with E-state index in [1.807, 2.05) is 0 Å². The third kappa shape index (κ3) is 3.57. The van der Waals surface area contributed by atoms with Gasteiger partial charge in [0.15, 0.2) is 27.1 Å². The molecule has 0 aliphatic carbocycles. The van der Waals surface area contributed by atoms with E-state index in [9.17, 15) is 17.6 Å². The number of halogens is 1. The molecule has 30 heavy (non-hydrogen) atoms. The number of carbonyl (C=O) groups is 1. The van der Waals surface area contributed by atoms with E-state index in [2.05, 4.69) is 20.4 Å². The number of amides is 1. The Morgan fingerprint density at radius 2 is 1.90 bits per heavy atom. The molecular formula is C19H15FN6O3S. The summed E-state index contributed by atoms with van der Waals surface area (Å²) in [4.78, 5) is 21.0. The lowest BCUT2D eigenvalue weighted by Crippen LogP contribution is -2.14. The van der Waals surface area contributed by atoms with Crippen molar-refractivity contribution in [3.05, 3.63) is 66.5 Å². The van der Waals surface area contributed by atoms with Gasteiger partial charge in [-0.1, -0.05) is 12.1 Å². The number of sulfone groups is 1. The van der Waals surface area contributed by atoms with Crippen molar-refractivity contribution >= 4 is 32.9 Å². The van der Waals surface area contributed by atoms with Gasteiger partial charge in [-0.15, -0.1) is 5.10 Å². The number of hydrogen-bond donors (Lipinski definition) is 2. The lowest BCUT2D eigenvalue weighted by Gasteiger charge is -2.11. The van der Waals surface area contributed by atoms with Crippen LogP contribution in [0.4, 0.5) is 15.9 Å². The molecule has 0 radical (unpaired) electrons. The van der Waals surface area contributed by atoms with Crippen LogP contribution < -0.4 is 11.1 Å². The Bertz CT molecular complexity index is 1380. The molecule has 0 spiro atoms. The van der Waals surface area contributed by atoms with Gasteiger partial charge in [0.05, 0.1) is 29.2 Å². The van der Waals surface area contributed by atoms with Gasteiger partial charge in [0, 0.05) is 18.0 Å². The number of benzene rings is 1. The molecule has 0 saturated heterocycles. The average molecular weight is 426 g/mol. The molecule has 0 aliphatic heterocycles. The summed E-state index contributed by atoms with van der Waals surface area (Å²) in [5.41, 5.74) is 7.60. The molecule has 0 saturated carbocycles. The molecule has 152 valence electrons. The third-order valence-corrected chi connectivity index (χ3v) is 5.49. The summed E-state index contributed by atoms with van der Waals surface area (Å²) in [6.07, 6.45) is 6.15. The number of carbonyl (C=O) groups excluding carboxylic acids is 1. The lowest BCUT2D eigenvalue weighted by molar-refractivity contribution is 0.102. The number of pyridine rings is 1. The van der Waals surface area contributed by atoms with E-state index in [4.69, 9.17) is 5.73 Å². The van der Waals surface area contributed by atoms with Crippen molar-refractivity contribution < 1.29 is 17.6 Å². The van der Waals surface area contributed by atoms with Gasteiger partial charge in [-0.3, -0.25) is 9.78 Å². The second-order valence-electron chi connectivity index (χ2n) is 6.47. The molecule has 3 N–H and O–H groups in total. The molecule has 9 nitrogen and oxygen atoms in total. The van der Waals surface area contributed by atoms with Crippen LogP contribution in [0.15, 0.2) is 60.0 Å². The van der Waals surface area contributed by atoms with E-state index in [-0.39, 0.29) is 21.9 Å². The normalized spacial score (nSPS) is 11.5. The largest absolute Gasteiger partial charge is 0.381 e. The van der Waals surface area contributed by atoms with E-state index in [0.29, 0.717) is 16.8 Å². The maximum absolute atomic E-state index is 13.4. The molecule has 11 heteroatoms. The Hall–Kier alpha value is -3.86. The van der Waals surface area contributed by atoms with E-state index in [1.165, 1.54) is 18.3 Å². The van der Waals surface area contributed by atoms with Gasteiger partial charge in [-0.2, -0.15) is 0 Å². The molecule has 3 heterocycles. The fourth-order valence-corrected chi connectivity index (χ4v) is 3.59. The van der Waals surface area contributed by atoms with E-state index >= 15 is 0 Å². The monoisotopic (exact) mass is 426 g/mol. The van der Waals surface area contributed by atoms with Crippen molar-refractivity contribution in [2.45, 2.75) is 4.90 Å². The topological polar surface area (TPSA) is 132 Å². The number of nitrogen functional groups attached to an aromatic ring is 1. The summed E-state index contributed by atoms with van der Waals surface area (Å²) in [7, 11) is -3.33. The number of aromatic nitrogens is 4. The van der Waals surface area contributed by atoms with Gasteiger partial charge in [0.1, 0.15) is 5.56 Å². The first-order valence-electron chi connectivity index (χ1n) is 8.59. The predicted molar refractivity (Wildman–Crippen MR) is 108 cm³/mol. The second-order valence-corrected chi connectivity index (χ2v) is 8.49. The molecule has 0 unspecified atom stereocenters. The lowest BCUT2D eigenvalue weighted by atomic mass is 10.1. The Morgan fingerprint density at radius 1 is 1.17 bits per heavy atom. The molecule has 4 rings (SSSR count). The highest BCUT2D eigenvalue weighted by atomic mass is 32.2. The highest BCUT2D eigenvalue weighted by molar-refractivity contribution is 7.90. The van der Waals surface area contributed by atoms with Crippen LogP contribution in [0.2, 0.25) is 0 Å². The minimum atomic E-state index is -3.33. The zero-order valence-electron chi connectivity index (χ0n) is 15.6. The zero-order chi connectivity index (χ0) is 21.5. The molecule has 3 aromatic heterocycles. The Balaban J connectivity index is 1.70. The van der Waals surface area contributed by atoms with Gasteiger partial charge in [-0.25, -0.2) is 22.3 Å². The van der Waals surface area contributed by atoms with Crippen LogP contribution in [0.25, 0.3) is 16.8 Å². The fourth-order valence-electron chi connectivity index (χ4n) is 2.96. The van der Waals surface area contributed by atoms with Crippen LogP contribution in [-0.2, 0) is 9.84 Å². The number of rotatable bonds is 4. The maximum Gasteiger partial charge on any atom is 0.263 e. The first kappa shape index (κ1) is 19.5. The van der Waals surface area contributed by atoms with Crippen molar-refractivity contribution in [3.8, 4) is 11.1 Å². The van der Waals surface area contributed by atoms with Crippen molar-refractivity contribution in [2.75, 3.05) is 17.3 Å². The van der Waals surface area contributed by atoms with Gasteiger partial charge < -0.3 is 11.1 Å². The molecule has 0 atom stereocenters. The number of anilines is 2. The average Bonchev–Trinajstić information content (AvgIpc) is 3.02. The van der Waals surface area contributed by atoms with Crippen LogP contribution in [0.3, 0.4) is 0 Å². The highest BCUT2D eigenvalue weighted by Gasteiger charge is 2.21. The van der Waals surface area contributed by atoms with E-state index in [0.717, 1.165) is 23.2 Å². The summed E-state index contributed by atoms with van der Waals surface area (Å²) in [5, 5.41) is 6.63. The molecule has 4 aromatic rings. The van der Waals surface area contributed by atoms with Gasteiger partial charge in [0.2, 0.25) is 0 Å². The maximum atomic E-state index is 13.4. The first-order valence-corrected chi connectivity index (χ1v) is 10.5. The number of nitrogens with two attached hydrogens (primary N) is 1. The fraction of sp³-hybridized carbons (Fsp3) is 0.0526. The molecular weight excluding hydrogens is 411 g/mol. The molecule has 1 aromatic carbocycles. The van der Waals surface area contributed by atoms with Crippen molar-refractivity contribution in [1.29, 1.82) is 0 Å². The summed E-state index contributed by atoms with van der Waals surface area (Å²) < 4.78 is 37.8. The first-order chi connectivity index (χ1) is 14.2. The standard InChI is InChI=1S/C19H15FN6O3S/c1-30(28,29)13-4-2-11(3-5-13)14-6-7-22-9-15(14)24-19(27)16-17(21)25-26-10-12(20)8-23-18(16)26/h2-10H,1H3,(H2,21,25)(H,24,27). The zero-order valence-corrected chi connectivity index (χ0v) is 16.4. The van der Waals surface area contributed by atoms with Crippen LogP contribution in [0.5, 0.6) is 0 Å².